The molecule has 1 amide bonds. The van der Waals surface area contributed by atoms with Crippen LogP contribution < -0.4 is 5.32 Å². The molecule has 1 aromatic heterocycles. The van der Waals surface area contributed by atoms with Gasteiger partial charge in [-0.1, -0.05) is 13.8 Å². The quantitative estimate of drug-likeness (QED) is 0.917. The Morgan fingerprint density at radius 3 is 2.81 bits per heavy atom. The predicted molar refractivity (Wildman–Crippen MR) is 95.5 cm³/mol. The molecule has 5 nitrogen and oxygen atoms in total. The molecule has 0 spiro atoms. The van der Waals surface area contributed by atoms with Crippen LogP contribution in [-0.2, 0) is 16.0 Å². The molecule has 0 unspecified atom stereocenters. The number of nitrogens with zero attached hydrogens (tertiary/aromatic N) is 2. The molecule has 1 N–H and O–H groups in total. The monoisotopic (exact) mass is 357 g/mol. The van der Waals surface area contributed by atoms with Crippen LogP contribution in [0.4, 0.5) is 4.39 Å². The van der Waals surface area contributed by atoms with Crippen molar-refractivity contribution < 1.29 is 13.9 Å². The van der Waals surface area contributed by atoms with Gasteiger partial charge in [-0.2, -0.15) is 5.10 Å². The second-order valence-corrected chi connectivity index (χ2v) is 8.04. The van der Waals surface area contributed by atoms with E-state index in [-0.39, 0.29) is 29.3 Å². The number of carbonyl (C=O) groups excluding carboxylic acids is 1. The summed E-state index contributed by atoms with van der Waals surface area (Å²) in [4.78, 5) is 12.5. The third-order valence-corrected chi connectivity index (χ3v) is 5.29. The minimum absolute atomic E-state index is 0.0271. The highest BCUT2D eigenvalue weighted by Crippen LogP contribution is 2.41. The topological polar surface area (TPSA) is 56.2 Å². The lowest BCUT2D eigenvalue weighted by atomic mass is 9.74. The Kier molecular flexibility index (Phi) is 4.31. The van der Waals surface area contributed by atoms with Crippen LogP contribution in [0.15, 0.2) is 30.5 Å². The number of hydrogen-bond donors (Lipinski definition) is 1. The van der Waals surface area contributed by atoms with Gasteiger partial charge in [0.1, 0.15) is 11.9 Å². The number of benzene rings is 1. The lowest BCUT2D eigenvalue weighted by molar-refractivity contribution is -0.131. The van der Waals surface area contributed by atoms with Gasteiger partial charge in [0, 0.05) is 12.2 Å². The Hall–Kier alpha value is -2.21. The largest absolute Gasteiger partial charge is 0.368 e. The third kappa shape index (κ3) is 3.26. The SMILES string of the molecule is CC1(C)Cc2c(cnn2-c2ccc(F)cc2)[C@@H](NC(=O)[C@H]2CCCO2)C1. The molecule has 0 saturated carbocycles. The normalized spacial score (nSPS) is 24.3. The van der Waals surface area contributed by atoms with Crippen molar-refractivity contribution in [3.63, 3.8) is 0 Å². The summed E-state index contributed by atoms with van der Waals surface area (Å²) >= 11 is 0. The van der Waals surface area contributed by atoms with Crippen LogP contribution in [-0.4, -0.2) is 28.4 Å². The average Bonchev–Trinajstić information content (AvgIpc) is 3.24. The van der Waals surface area contributed by atoms with Crippen molar-refractivity contribution >= 4 is 5.91 Å². The maximum absolute atomic E-state index is 13.3. The highest BCUT2D eigenvalue weighted by atomic mass is 19.1. The van der Waals surface area contributed by atoms with Gasteiger partial charge in [-0.25, -0.2) is 9.07 Å². The molecule has 2 heterocycles. The molecule has 0 radical (unpaired) electrons. The van der Waals surface area contributed by atoms with Gasteiger partial charge in [0.2, 0.25) is 5.91 Å². The van der Waals surface area contributed by atoms with Crippen molar-refractivity contribution in [1.29, 1.82) is 0 Å². The van der Waals surface area contributed by atoms with E-state index in [2.05, 4.69) is 24.3 Å². The van der Waals surface area contributed by atoms with Crippen LogP contribution in [0.5, 0.6) is 0 Å². The zero-order valence-corrected chi connectivity index (χ0v) is 15.2. The highest BCUT2D eigenvalue weighted by Gasteiger charge is 2.37. The minimum atomic E-state index is -0.337. The smallest absolute Gasteiger partial charge is 0.249 e. The lowest BCUT2D eigenvalue weighted by Crippen LogP contribution is -2.41. The van der Waals surface area contributed by atoms with Gasteiger partial charge in [0.15, 0.2) is 0 Å². The maximum Gasteiger partial charge on any atom is 0.249 e. The van der Waals surface area contributed by atoms with Crippen molar-refractivity contribution in [3.05, 3.63) is 47.5 Å². The van der Waals surface area contributed by atoms with Gasteiger partial charge in [-0.3, -0.25) is 4.79 Å². The number of rotatable bonds is 3. The molecule has 4 rings (SSSR count). The van der Waals surface area contributed by atoms with E-state index in [1.807, 2.05) is 10.9 Å². The number of fused-ring (bicyclic) bond motifs is 1. The number of amides is 1. The van der Waals surface area contributed by atoms with Crippen LogP contribution in [0.1, 0.15) is 50.4 Å². The number of aromatic nitrogens is 2. The van der Waals surface area contributed by atoms with E-state index in [1.54, 1.807) is 12.1 Å². The first-order chi connectivity index (χ1) is 12.4. The van der Waals surface area contributed by atoms with E-state index < -0.39 is 0 Å². The van der Waals surface area contributed by atoms with Crippen molar-refractivity contribution in [2.75, 3.05) is 6.61 Å². The average molecular weight is 357 g/mol. The minimum Gasteiger partial charge on any atom is -0.368 e. The van der Waals surface area contributed by atoms with E-state index in [0.29, 0.717) is 6.61 Å². The molecular weight excluding hydrogens is 333 g/mol. The summed E-state index contributed by atoms with van der Waals surface area (Å²) in [6, 6.07) is 6.25. The molecule has 1 aromatic carbocycles. The Morgan fingerprint density at radius 1 is 1.35 bits per heavy atom. The van der Waals surface area contributed by atoms with Crippen molar-refractivity contribution in [2.45, 2.75) is 51.7 Å². The zero-order valence-electron chi connectivity index (χ0n) is 15.2. The van der Waals surface area contributed by atoms with Crippen molar-refractivity contribution in [3.8, 4) is 5.69 Å². The summed E-state index contributed by atoms with van der Waals surface area (Å²) < 4.78 is 20.6. The second-order valence-electron chi connectivity index (χ2n) is 8.04. The Balaban J connectivity index is 1.65. The molecule has 26 heavy (non-hydrogen) atoms. The van der Waals surface area contributed by atoms with Gasteiger partial charge >= 0.3 is 0 Å². The molecule has 138 valence electrons. The second kappa shape index (κ2) is 6.50. The summed E-state index contributed by atoms with van der Waals surface area (Å²) in [6.07, 6.45) is 4.91. The number of ether oxygens (including phenoxy) is 1. The molecule has 2 atom stereocenters. The first-order valence-electron chi connectivity index (χ1n) is 9.18. The number of carbonyl (C=O) groups is 1. The van der Waals surface area contributed by atoms with Crippen LogP contribution in [0.3, 0.4) is 0 Å². The summed E-state index contributed by atoms with van der Waals surface area (Å²) in [5.41, 5.74) is 2.97. The van der Waals surface area contributed by atoms with Crippen LogP contribution >= 0.6 is 0 Å². The molecule has 0 bridgehead atoms. The number of halogens is 1. The Labute approximate surface area is 152 Å². The summed E-state index contributed by atoms with van der Waals surface area (Å²) in [6.45, 7) is 5.05. The molecule has 1 saturated heterocycles. The van der Waals surface area contributed by atoms with Crippen LogP contribution in [0.2, 0.25) is 0 Å². The molecule has 1 aliphatic carbocycles. The Bertz CT molecular complexity index is 807. The lowest BCUT2D eigenvalue weighted by Gasteiger charge is -2.36. The van der Waals surface area contributed by atoms with Crippen molar-refractivity contribution in [2.24, 2.45) is 5.41 Å². The van der Waals surface area contributed by atoms with E-state index in [0.717, 1.165) is 42.6 Å². The Morgan fingerprint density at radius 2 is 2.12 bits per heavy atom. The van der Waals surface area contributed by atoms with Gasteiger partial charge < -0.3 is 10.1 Å². The molecule has 2 aliphatic rings. The first kappa shape index (κ1) is 17.2. The van der Waals surface area contributed by atoms with E-state index >= 15 is 0 Å². The van der Waals surface area contributed by atoms with E-state index in [9.17, 15) is 9.18 Å². The van der Waals surface area contributed by atoms with Gasteiger partial charge in [-0.05, 0) is 55.4 Å². The number of nitrogens with one attached hydrogen (secondary N) is 1. The highest BCUT2D eigenvalue weighted by molar-refractivity contribution is 5.81. The molecular formula is C20H24FN3O2. The fourth-order valence-corrected chi connectivity index (χ4v) is 4.03. The van der Waals surface area contributed by atoms with E-state index in [4.69, 9.17) is 4.74 Å². The maximum atomic E-state index is 13.3. The fourth-order valence-electron chi connectivity index (χ4n) is 4.03. The van der Waals surface area contributed by atoms with E-state index in [1.165, 1.54) is 12.1 Å². The third-order valence-electron chi connectivity index (χ3n) is 5.29. The summed E-state index contributed by atoms with van der Waals surface area (Å²) in [5.74, 6) is -0.303. The summed E-state index contributed by atoms with van der Waals surface area (Å²) in [7, 11) is 0. The number of hydrogen-bond acceptors (Lipinski definition) is 3. The fraction of sp³-hybridized carbons (Fsp3) is 0.500. The van der Waals surface area contributed by atoms with Crippen LogP contribution in [0, 0.1) is 11.2 Å². The van der Waals surface area contributed by atoms with Crippen molar-refractivity contribution in [1.82, 2.24) is 15.1 Å². The molecule has 1 fully saturated rings. The van der Waals surface area contributed by atoms with Gasteiger partial charge in [-0.15, -0.1) is 0 Å². The molecule has 6 heteroatoms. The molecule has 2 aromatic rings. The first-order valence-corrected chi connectivity index (χ1v) is 9.18. The standard InChI is InChI=1S/C20H24FN3O2/c1-20(2)10-16(23-19(25)18-4-3-9-26-18)15-12-22-24(17(15)11-20)14-7-5-13(21)6-8-14/h5-8,12,16,18H,3-4,9-11H2,1-2H3,(H,23,25)/t16-,18+/m0/s1. The van der Waals surface area contributed by atoms with Gasteiger partial charge in [0.05, 0.1) is 23.6 Å². The zero-order chi connectivity index (χ0) is 18.3. The predicted octanol–water partition coefficient (Wildman–Crippen LogP) is 3.32. The van der Waals surface area contributed by atoms with Gasteiger partial charge in [0.25, 0.3) is 0 Å². The van der Waals surface area contributed by atoms with Crippen LogP contribution in [0.25, 0.3) is 5.69 Å². The summed E-state index contributed by atoms with van der Waals surface area (Å²) in [5, 5.41) is 7.70. The molecule has 1 aliphatic heterocycles.